The van der Waals surface area contributed by atoms with Gasteiger partial charge in [0, 0.05) is 11.6 Å². The highest BCUT2D eigenvalue weighted by Gasteiger charge is 2.28. The first-order valence-corrected chi connectivity index (χ1v) is 9.95. The molecule has 2 N–H and O–H groups in total. The van der Waals surface area contributed by atoms with Crippen molar-refractivity contribution in [2.45, 2.75) is 32.4 Å². The summed E-state index contributed by atoms with van der Waals surface area (Å²) in [5.41, 5.74) is 2.75. The third-order valence-electron chi connectivity index (χ3n) is 4.22. The van der Waals surface area contributed by atoms with E-state index in [0.717, 1.165) is 27.0 Å². The van der Waals surface area contributed by atoms with Crippen LogP contribution in [0.5, 0.6) is 5.75 Å². The summed E-state index contributed by atoms with van der Waals surface area (Å²) in [6, 6.07) is 9.28. The van der Waals surface area contributed by atoms with E-state index < -0.39 is 11.7 Å². The van der Waals surface area contributed by atoms with Crippen molar-refractivity contribution in [2.75, 3.05) is 6.61 Å². The fourth-order valence-corrected chi connectivity index (χ4v) is 3.71. The predicted octanol–water partition coefficient (Wildman–Crippen LogP) is 4.80. The lowest BCUT2D eigenvalue weighted by atomic mass is 10.1. The van der Waals surface area contributed by atoms with Gasteiger partial charge in [-0.25, -0.2) is 9.78 Å². The zero-order chi connectivity index (χ0) is 20.1. The molecular formula is C19H19BrN4O3S. The minimum atomic E-state index is -0.552. The highest BCUT2D eigenvalue weighted by atomic mass is 79.9. The van der Waals surface area contributed by atoms with Crippen molar-refractivity contribution in [3.8, 4) is 11.4 Å². The molecule has 0 aliphatic carbocycles. The highest BCUT2D eigenvalue weighted by Crippen LogP contribution is 2.35. The van der Waals surface area contributed by atoms with E-state index in [4.69, 9.17) is 21.7 Å². The Balaban J connectivity index is 1.65. The molecule has 2 aromatic heterocycles. The zero-order valence-corrected chi connectivity index (χ0v) is 18.0. The topological polar surface area (TPSA) is 81.2 Å². The molecule has 0 bridgehead atoms. The maximum Gasteiger partial charge on any atom is 0.408 e. The number of aromatic amines is 1. The Labute approximate surface area is 175 Å². The lowest BCUT2D eigenvalue weighted by molar-refractivity contribution is 0.0497. The van der Waals surface area contributed by atoms with Gasteiger partial charge in [-0.05, 0) is 67.1 Å². The van der Waals surface area contributed by atoms with Gasteiger partial charge in [-0.2, -0.15) is 0 Å². The summed E-state index contributed by atoms with van der Waals surface area (Å²) in [5, 5.41) is 2.86. The van der Waals surface area contributed by atoms with Gasteiger partial charge in [0.15, 0.2) is 10.4 Å². The maximum absolute atomic E-state index is 12.1. The van der Waals surface area contributed by atoms with Gasteiger partial charge in [0.1, 0.15) is 22.6 Å². The average molecular weight is 463 g/mol. The Morgan fingerprint density at radius 3 is 2.93 bits per heavy atom. The number of carbonyl (C=O) groups is 1. The molecule has 3 heterocycles. The van der Waals surface area contributed by atoms with Crippen LogP contribution >= 0.6 is 28.1 Å². The second-order valence-corrected chi connectivity index (χ2v) is 8.70. The van der Waals surface area contributed by atoms with Crippen molar-refractivity contribution in [3.05, 3.63) is 45.3 Å². The van der Waals surface area contributed by atoms with E-state index >= 15 is 0 Å². The van der Waals surface area contributed by atoms with Gasteiger partial charge in [0.2, 0.25) is 0 Å². The Kier molecular flexibility index (Phi) is 4.67. The normalized spacial score (nSPS) is 15.9. The zero-order valence-electron chi connectivity index (χ0n) is 15.6. The van der Waals surface area contributed by atoms with Crippen LogP contribution in [0.25, 0.3) is 16.9 Å². The molecule has 0 saturated heterocycles. The number of carbonyl (C=O) groups excluding carboxylic acids is 1. The number of imidazole rings is 1. The molecule has 1 aliphatic heterocycles. The molecular weight excluding hydrogens is 444 g/mol. The molecule has 1 amide bonds. The summed E-state index contributed by atoms with van der Waals surface area (Å²) in [5.74, 6) is 0.699. The number of hydrogen-bond donors (Lipinski definition) is 2. The molecule has 7 nitrogen and oxygen atoms in total. The van der Waals surface area contributed by atoms with Crippen molar-refractivity contribution in [1.29, 1.82) is 0 Å². The number of alkyl carbamates (subject to hydrolysis) is 1. The molecule has 0 unspecified atom stereocenters. The van der Waals surface area contributed by atoms with Crippen LogP contribution in [-0.4, -0.2) is 32.8 Å². The van der Waals surface area contributed by atoms with Gasteiger partial charge in [0.25, 0.3) is 0 Å². The van der Waals surface area contributed by atoms with Gasteiger partial charge in [-0.3, -0.25) is 4.57 Å². The molecule has 3 aromatic rings. The van der Waals surface area contributed by atoms with Crippen LogP contribution in [0.4, 0.5) is 4.79 Å². The molecule has 0 saturated carbocycles. The average Bonchev–Trinajstić information content (AvgIpc) is 3.12. The quantitative estimate of drug-likeness (QED) is 0.422. The summed E-state index contributed by atoms with van der Waals surface area (Å²) in [4.78, 5) is 19.8. The molecule has 1 aromatic carbocycles. The van der Waals surface area contributed by atoms with E-state index in [2.05, 4.69) is 31.2 Å². The van der Waals surface area contributed by atoms with Gasteiger partial charge >= 0.3 is 6.09 Å². The molecule has 0 spiro atoms. The molecule has 9 heteroatoms. The Morgan fingerprint density at radius 2 is 2.18 bits per heavy atom. The summed E-state index contributed by atoms with van der Waals surface area (Å²) in [6.07, 6.45) is -0.467. The Morgan fingerprint density at radius 1 is 1.39 bits per heavy atom. The summed E-state index contributed by atoms with van der Waals surface area (Å²) >= 11 is 8.88. The number of rotatable bonds is 2. The SMILES string of the molecule is CC(C)(C)OC(=O)N[C@H]1COc2cc(-n3c(=S)[nH]c4ccc(Br)nc43)ccc21. The van der Waals surface area contributed by atoms with Crippen molar-refractivity contribution in [2.24, 2.45) is 0 Å². The minimum absolute atomic E-state index is 0.262. The van der Waals surface area contributed by atoms with Crippen LogP contribution in [0.1, 0.15) is 32.4 Å². The number of fused-ring (bicyclic) bond motifs is 2. The number of benzene rings is 1. The molecule has 28 heavy (non-hydrogen) atoms. The molecule has 1 aliphatic rings. The smallest absolute Gasteiger partial charge is 0.408 e. The summed E-state index contributed by atoms with van der Waals surface area (Å²) < 4.78 is 14.3. The predicted molar refractivity (Wildman–Crippen MR) is 112 cm³/mol. The summed E-state index contributed by atoms with van der Waals surface area (Å²) in [7, 11) is 0. The maximum atomic E-state index is 12.1. The highest BCUT2D eigenvalue weighted by molar-refractivity contribution is 9.10. The first-order chi connectivity index (χ1) is 13.2. The number of aromatic nitrogens is 3. The largest absolute Gasteiger partial charge is 0.491 e. The van der Waals surface area contributed by atoms with Crippen molar-refractivity contribution < 1.29 is 14.3 Å². The fraction of sp³-hybridized carbons (Fsp3) is 0.316. The minimum Gasteiger partial charge on any atom is -0.491 e. The van der Waals surface area contributed by atoms with Crippen molar-refractivity contribution >= 4 is 45.4 Å². The molecule has 1 atom stereocenters. The van der Waals surface area contributed by atoms with Crippen LogP contribution in [0.15, 0.2) is 34.9 Å². The third-order valence-corrected chi connectivity index (χ3v) is 4.95. The Bertz CT molecular complexity index is 1130. The number of nitrogens with one attached hydrogen (secondary N) is 2. The molecule has 0 fully saturated rings. The second-order valence-electron chi connectivity index (χ2n) is 7.50. The number of hydrogen-bond acceptors (Lipinski definition) is 5. The number of pyridine rings is 1. The lowest BCUT2D eigenvalue weighted by Gasteiger charge is -2.21. The first-order valence-electron chi connectivity index (χ1n) is 8.75. The number of nitrogens with zero attached hydrogens (tertiary/aromatic N) is 2. The van der Waals surface area contributed by atoms with Gasteiger partial charge in [-0.1, -0.05) is 6.07 Å². The number of amides is 1. The van der Waals surface area contributed by atoms with Crippen LogP contribution in [0, 0.1) is 4.77 Å². The van der Waals surface area contributed by atoms with Gasteiger partial charge < -0.3 is 19.8 Å². The second kappa shape index (κ2) is 6.89. The van der Waals surface area contributed by atoms with E-state index in [1.807, 2.05) is 55.7 Å². The van der Waals surface area contributed by atoms with Crippen LogP contribution in [0.2, 0.25) is 0 Å². The van der Waals surface area contributed by atoms with Crippen molar-refractivity contribution in [1.82, 2.24) is 19.9 Å². The van der Waals surface area contributed by atoms with Gasteiger partial charge in [-0.15, -0.1) is 0 Å². The Hall–Kier alpha value is -2.39. The van der Waals surface area contributed by atoms with Crippen molar-refractivity contribution in [3.63, 3.8) is 0 Å². The van der Waals surface area contributed by atoms with Crippen LogP contribution in [0.3, 0.4) is 0 Å². The lowest BCUT2D eigenvalue weighted by Crippen LogP contribution is -2.35. The van der Waals surface area contributed by atoms with E-state index in [-0.39, 0.29) is 6.04 Å². The molecule has 0 radical (unpaired) electrons. The first kappa shape index (κ1) is 18.9. The molecule has 4 rings (SSSR count). The number of H-pyrrole nitrogens is 1. The van der Waals surface area contributed by atoms with E-state index in [1.165, 1.54) is 0 Å². The van der Waals surface area contributed by atoms with Crippen LogP contribution < -0.4 is 10.1 Å². The monoisotopic (exact) mass is 462 g/mol. The molecule has 146 valence electrons. The van der Waals surface area contributed by atoms with Crippen LogP contribution in [-0.2, 0) is 4.74 Å². The third kappa shape index (κ3) is 3.64. The number of halogens is 1. The number of ether oxygens (including phenoxy) is 2. The van der Waals surface area contributed by atoms with E-state index in [0.29, 0.717) is 17.1 Å². The van der Waals surface area contributed by atoms with E-state index in [1.54, 1.807) is 0 Å². The standard InChI is InChI=1S/C19H19BrN4O3S/c1-19(2,3)27-18(25)22-13-9-26-14-8-10(4-5-11(13)14)24-16-12(21-17(24)28)6-7-15(20)23-16/h4-8,13H,9H2,1-3H3,(H,21,28)(H,22,25)/t13-/m0/s1. The van der Waals surface area contributed by atoms with Gasteiger partial charge in [0.05, 0.1) is 17.2 Å². The fourth-order valence-electron chi connectivity index (χ4n) is 3.11. The van der Waals surface area contributed by atoms with E-state index in [9.17, 15) is 4.79 Å². The summed E-state index contributed by atoms with van der Waals surface area (Å²) in [6.45, 7) is 5.83.